The molecule has 1 aliphatic carbocycles. The molecule has 3 fully saturated rings. The third-order valence-corrected chi connectivity index (χ3v) is 4.57. The highest BCUT2D eigenvalue weighted by Gasteiger charge is 2.63. The minimum atomic E-state index is 0.514. The molecule has 0 spiro atoms. The van der Waals surface area contributed by atoms with Crippen LogP contribution in [0.5, 0.6) is 0 Å². The summed E-state index contributed by atoms with van der Waals surface area (Å²) in [6.45, 7) is 10.1. The summed E-state index contributed by atoms with van der Waals surface area (Å²) in [5.74, 6) is 2.18. The number of rotatable bonds is 1. The molecule has 0 amide bonds. The van der Waals surface area contributed by atoms with E-state index in [1.165, 1.54) is 32.4 Å². The van der Waals surface area contributed by atoms with Crippen molar-refractivity contribution < 1.29 is 0 Å². The lowest BCUT2D eigenvalue weighted by Gasteiger charge is -2.40. The van der Waals surface area contributed by atoms with E-state index in [0.29, 0.717) is 11.0 Å². The van der Waals surface area contributed by atoms with Crippen molar-refractivity contribution in [2.75, 3.05) is 13.1 Å². The predicted molar refractivity (Wildman–Crippen MR) is 59.2 cm³/mol. The first-order valence-corrected chi connectivity index (χ1v) is 6.26. The number of piperidine rings is 1. The smallest absolute Gasteiger partial charge is 0.0246 e. The van der Waals surface area contributed by atoms with Crippen LogP contribution in [0.3, 0.4) is 0 Å². The van der Waals surface area contributed by atoms with Gasteiger partial charge >= 0.3 is 0 Å². The summed E-state index contributed by atoms with van der Waals surface area (Å²) in [5.41, 5.74) is 1.17. The summed E-state index contributed by atoms with van der Waals surface area (Å²) >= 11 is 0. The van der Waals surface area contributed by atoms with Crippen LogP contribution in [-0.2, 0) is 0 Å². The molecule has 1 heteroatoms. The molecule has 0 unspecified atom stereocenters. The number of hydrogen-bond donors (Lipinski definition) is 0. The maximum absolute atomic E-state index is 2.83. The molecule has 2 aliphatic heterocycles. The van der Waals surface area contributed by atoms with Crippen LogP contribution in [0.25, 0.3) is 0 Å². The van der Waals surface area contributed by atoms with E-state index in [0.717, 1.165) is 11.8 Å². The minimum absolute atomic E-state index is 0.514. The van der Waals surface area contributed by atoms with Crippen molar-refractivity contribution in [3.05, 3.63) is 0 Å². The summed E-state index contributed by atoms with van der Waals surface area (Å²) in [7, 11) is 0. The van der Waals surface area contributed by atoms with Gasteiger partial charge in [-0.1, -0.05) is 20.8 Å². The van der Waals surface area contributed by atoms with Crippen LogP contribution >= 0.6 is 0 Å². The van der Waals surface area contributed by atoms with Crippen molar-refractivity contribution in [3.63, 3.8) is 0 Å². The molecule has 0 aromatic carbocycles. The Morgan fingerprint density at radius 1 is 1.36 bits per heavy atom. The van der Waals surface area contributed by atoms with Crippen molar-refractivity contribution in [2.45, 2.75) is 52.0 Å². The third-order valence-electron chi connectivity index (χ3n) is 4.57. The topological polar surface area (TPSA) is 3.24 Å². The maximum Gasteiger partial charge on any atom is 0.0246 e. The van der Waals surface area contributed by atoms with Gasteiger partial charge < -0.3 is 0 Å². The van der Waals surface area contributed by atoms with Crippen molar-refractivity contribution in [1.82, 2.24) is 4.90 Å². The Bertz CT molecular complexity index is 252. The lowest BCUT2D eigenvalue weighted by molar-refractivity contribution is 0.101. The van der Waals surface area contributed by atoms with E-state index >= 15 is 0 Å². The van der Waals surface area contributed by atoms with Gasteiger partial charge in [-0.15, -0.1) is 0 Å². The quantitative estimate of drug-likeness (QED) is 0.619. The average molecular weight is 193 g/mol. The van der Waals surface area contributed by atoms with Crippen LogP contribution < -0.4 is 0 Å². The highest BCUT2D eigenvalue weighted by Crippen LogP contribution is 2.62. The summed E-state index contributed by atoms with van der Waals surface area (Å²) in [6, 6.07) is 0. The molecular formula is C13H23N. The van der Waals surface area contributed by atoms with Crippen molar-refractivity contribution in [3.8, 4) is 0 Å². The Morgan fingerprint density at radius 3 is 2.86 bits per heavy atom. The Labute approximate surface area is 87.9 Å². The maximum atomic E-state index is 2.83. The van der Waals surface area contributed by atoms with E-state index in [2.05, 4.69) is 25.7 Å². The second-order valence-corrected chi connectivity index (χ2v) is 6.99. The first-order chi connectivity index (χ1) is 6.51. The van der Waals surface area contributed by atoms with E-state index in [1.807, 2.05) is 0 Å². The molecule has 3 aliphatic rings. The zero-order valence-corrected chi connectivity index (χ0v) is 9.84. The predicted octanol–water partition coefficient (Wildman–Crippen LogP) is 2.91. The van der Waals surface area contributed by atoms with Gasteiger partial charge in [-0.05, 0) is 49.5 Å². The van der Waals surface area contributed by atoms with Gasteiger partial charge in [0.05, 0.1) is 0 Å². The second kappa shape index (κ2) is 2.55. The Morgan fingerprint density at radius 2 is 2.14 bits per heavy atom. The average Bonchev–Trinajstić information content (AvgIpc) is 2.58. The van der Waals surface area contributed by atoms with Gasteiger partial charge in [0.15, 0.2) is 0 Å². The van der Waals surface area contributed by atoms with Crippen LogP contribution in [0.2, 0.25) is 0 Å². The lowest BCUT2D eigenvalue weighted by Crippen LogP contribution is -2.44. The fraction of sp³-hybridized carbons (Fsp3) is 1.00. The summed E-state index contributed by atoms with van der Waals surface area (Å²) < 4.78 is 0. The molecule has 0 radical (unpaired) electrons. The number of nitrogens with zero attached hydrogens (tertiary/aromatic N) is 1. The number of fused-ring (bicyclic) bond motifs is 3. The Hall–Kier alpha value is -0.0400. The second-order valence-electron chi connectivity index (χ2n) is 6.99. The molecule has 14 heavy (non-hydrogen) atoms. The van der Waals surface area contributed by atoms with Crippen LogP contribution in [0, 0.1) is 17.3 Å². The van der Waals surface area contributed by atoms with Crippen LogP contribution in [0.15, 0.2) is 0 Å². The van der Waals surface area contributed by atoms with Gasteiger partial charge in [0.25, 0.3) is 0 Å². The molecule has 0 aromatic rings. The molecule has 1 nitrogen and oxygen atoms in total. The SMILES string of the molecule is CC(C)(C)C[C@]12CCCN1C[C@H]1C[C@H]12. The first kappa shape index (κ1) is 9.21. The Kier molecular flexibility index (Phi) is 1.68. The normalized spacial score (nSPS) is 46.5. The fourth-order valence-corrected chi connectivity index (χ4v) is 4.29. The molecule has 1 saturated carbocycles. The summed E-state index contributed by atoms with van der Waals surface area (Å²) in [4.78, 5) is 2.83. The van der Waals surface area contributed by atoms with E-state index in [1.54, 1.807) is 6.42 Å². The van der Waals surface area contributed by atoms with E-state index < -0.39 is 0 Å². The minimum Gasteiger partial charge on any atom is -0.297 e. The van der Waals surface area contributed by atoms with Gasteiger partial charge in [0, 0.05) is 12.1 Å². The van der Waals surface area contributed by atoms with E-state index in [-0.39, 0.29) is 0 Å². The van der Waals surface area contributed by atoms with Gasteiger partial charge in [0.2, 0.25) is 0 Å². The molecule has 80 valence electrons. The summed E-state index contributed by atoms with van der Waals surface area (Å²) in [5, 5.41) is 0. The van der Waals surface area contributed by atoms with Gasteiger partial charge in [-0.25, -0.2) is 0 Å². The van der Waals surface area contributed by atoms with Gasteiger partial charge in [-0.2, -0.15) is 0 Å². The van der Waals surface area contributed by atoms with Gasteiger partial charge in [-0.3, -0.25) is 4.90 Å². The number of hydrogen-bond acceptors (Lipinski definition) is 1. The molecule has 0 bridgehead atoms. The first-order valence-electron chi connectivity index (χ1n) is 6.26. The van der Waals surface area contributed by atoms with E-state index in [4.69, 9.17) is 0 Å². The highest BCUT2D eigenvalue weighted by molar-refractivity contribution is 5.17. The molecule has 2 saturated heterocycles. The van der Waals surface area contributed by atoms with Crippen LogP contribution in [-0.4, -0.2) is 23.5 Å². The third kappa shape index (κ3) is 1.18. The molecule has 3 atom stereocenters. The largest absolute Gasteiger partial charge is 0.297 e. The molecule has 0 aromatic heterocycles. The zero-order valence-electron chi connectivity index (χ0n) is 9.84. The zero-order chi connectivity index (χ0) is 9.97. The molecule has 0 N–H and O–H groups in total. The summed E-state index contributed by atoms with van der Waals surface area (Å²) in [6.07, 6.45) is 5.93. The molecular weight excluding hydrogens is 170 g/mol. The highest BCUT2D eigenvalue weighted by atomic mass is 15.3. The molecule has 3 rings (SSSR count). The lowest BCUT2D eigenvalue weighted by atomic mass is 9.76. The monoisotopic (exact) mass is 193 g/mol. The molecule has 2 heterocycles. The van der Waals surface area contributed by atoms with Crippen LogP contribution in [0.1, 0.15) is 46.5 Å². The Balaban J connectivity index is 1.85. The van der Waals surface area contributed by atoms with E-state index in [9.17, 15) is 0 Å². The van der Waals surface area contributed by atoms with Gasteiger partial charge in [0.1, 0.15) is 0 Å². The van der Waals surface area contributed by atoms with Crippen LogP contribution in [0.4, 0.5) is 0 Å². The fourth-order valence-electron chi connectivity index (χ4n) is 4.29. The van der Waals surface area contributed by atoms with Crippen molar-refractivity contribution in [1.29, 1.82) is 0 Å². The standard InChI is InChI=1S/C13H23N/c1-12(2,3)9-13-5-4-6-14(13)8-10-7-11(10)13/h10-11H,4-9H2,1-3H3/t10-,11-,13+/m1/s1. The van der Waals surface area contributed by atoms with Crippen molar-refractivity contribution >= 4 is 0 Å². The van der Waals surface area contributed by atoms with Crippen molar-refractivity contribution in [2.24, 2.45) is 17.3 Å².